The zero-order chi connectivity index (χ0) is 39.4. The molecular formula is C47H60BBrN2O4. The molecule has 0 atom stereocenters. The first-order valence-corrected chi connectivity index (χ1v) is 20.1. The van der Waals surface area contributed by atoms with Crippen molar-refractivity contribution in [3.63, 3.8) is 0 Å². The van der Waals surface area contributed by atoms with Crippen molar-refractivity contribution in [1.82, 2.24) is 9.80 Å². The molecule has 4 aromatic carbocycles. The monoisotopic (exact) mass is 806 g/mol. The van der Waals surface area contributed by atoms with Gasteiger partial charge in [0.05, 0.1) is 11.2 Å². The number of carbonyl (C=O) groups excluding carboxylic acids is 2. The number of nitrogens with zero attached hydrogens (tertiary/aromatic N) is 2. The van der Waals surface area contributed by atoms with Crippen LogP contribution >= 0.6 is 15.9 Å². The van der Waals surface area contributed by atoms with Gasteiger partial charge in [0.15, 0.2) is 0 Å². The molecule has 3 aliphatic heterocycles. The molecule has 292 valence electrons. The molecule has 1 saturated heterocycles. The first-order chi connectivity index (χ1) is 25.3. The fourth-order valence-electron chi connectivity index (χ4n) is 7.97. The van der Waals surface area contributed by atoms with Gasteiger partial charge in [0, 0.05) is 41.8 Å². The number of aryl methyl sites for hydroxylation is 4. The van der Waals surface area contributed by atoms with Crippen LogP contribution in [0.5, 0.6) is 0 Å². The molecule has 0 spiro atoms. The van der Waals surface area contributed by atoms with Crippen LogP contribution in [0.1, 0.15) is 123 Å². The van der Waals surface area contributed by atoms with Crippen molar-refractivity contribution in [1.29, 1.82) is 0 Å². The SMILES string of the molecule is C.Cc1cc(C)c(C)c(C(=O)N2CCc3ccc(B4OC(C)(C)C(C)(C)O4)cc3C2)c1C.Cc1cc(C)c(C)c(C(=O)N2CCc3ccc(Br)cc3C2)c1C. The topological polar surface area (TPSA) is 59.1 Å². The highest BCUT2D eigenvalue weighted by Crippen LogP contribution is 2.37. The third-order valence-corrected chi connectivity index (χ3v) is 13.2. The smallest absolute Gasteiger partial charge is 0.399 e. The maximum atomic E-state index is 13.5. The van der Waals surface area contributed by atoms with Gasteiger partial charge in [0.2, 0.25) is 0 Å². The lowest BCUT2D eigenvalue weighted by atomic mass is 9.77. The third kappa shape index (κ3) is 8.24. The highest BCUT2D eigenvalue weighted by Gasteiger charge is 2.51. The van der Waals surface area contributed by atoms with E-state index in [0.29, 0.717) is 13.1 Å². The molecule has 55 heavy (non-hydrogen) atoms. The van der Waals surface area contributed by atoms with E-state index in [1.54, 1.807) is 0 Å². The van der Waals surface area contributed by atoms with E-state index >= 15 is 0 Å². The Hall–Kier alpha value is -3.72. The van der Waals surface area contributed by atoms with Crippen LogP contribution in [-0.2, 0) is 35.2 Å². The first-order valence-electron chi connectivity index (χ1n) is 19.3. The minimum atomic E-state index is -0.384. The lowest BCUT2D eigenvalue weighted by molar-refractivity contribution is 0.00578. The molecule has 4 aromatic rings. The molecule has 0 radical (unpaired) electrons. The summed E-state index contributed by atoms with van der Waals surface area (Å²) in [5.41, 5.74) is 16.3. The summed E-state index contributed by atoms with van der Waals surface area (Å²) in [6, 6.07) is 17.2. The largest absolute Gasteiger partial charge is 0.494 e. The second-order valence-electron chi connectivity index (χ2n) is 16.8. The van der Waals surface area contributed by atoms with Gasteiger partial charge in [-0.25, -0.2) is 0 Å². The van der Waals surface area contributed by atoms with E-state index in [-0.39, 0.29) is 37.6 Å². The van der Waals surface area contributed by atoms with Crippen LogP contribution in [0.2, 0.25) is 0 Å². The van der Waals surface area contributed by atoms with Crippen LogP contribution in [0.15, 0.2) is 53.0 Å². The van der Waals surface area contributed by atoms with E-state index in [2.05, 4.69) is 148 Å². The second-order valence-corrected chi connectivity index (χ2v) is 17.7. The van der Waals surface area contributed by atoms with Crippen LogP contribution in [0, 0.1) is 55.4 Å². The molecule has 1 fully saturated rings. The Balaban J connectivity index is 0.000000216. The standard InChI is InChI=1S/C26H34BNO3.C20H22BrNO.CH4/c1-16-13-17(2)19(4)23(18(16)3)24(29)28-12-11-20-9-10-22(14-21(20)15-28)27-30-25(5,6)26(7,8)31-27;1-12-9-13(2)15(4)19(14(12)3)20(23)22-8-7-16-5-6-18(21)10-17(16)11-22;/h9-10,13-14H,11-12,15H2,1-8H3;5-6,9-10H,7-8,11H2,1-4H3;1H4. The Morgan fingerprint density at radius 2 is 0.964 bits per heavy atom. The number of hydrogen-bond acceptors (Lipinski definition) is 4. The normalized spacial score (nSPS) is 16.8. The minimum Gasteiger partial charge on any atom is -0.399 e. The molecule has 0 bridgehead atoms. The van der Waals surface area contributed by atoms with Gasteiger partial charge in [-0.15, -0.1) is 0 Å². The third-order valence-electron chi connectivity index (χ3n) is 12.7. The summed E-state index contributed by atoms with van der Waals surface area (Å²) in [6.07, 6.45) is 1.80. The zero-order valence-electron chi connectivity index (χ0n) is 34.3. The quantitative estimate of drug-likeness (QED) is 0.194. The number of fused-ring (bicyclic) bond motifs is 2. The summed E-state index contributed by atoms with van der Waals surface area (Å²) < 4.78 is 13.6. The molecule has 3 aliphatic rings. The molecule has 6 nitrogen and oxygen atoms in total. The maximum absolute atomic E-state index is 13.5. The van der Waals surface area contributed by atoms with Gasteiger partial charge in [-0.05, 0) is 180 Å². The van der Waals surface area contributed by atoms with Gasteiger partial charge in [-0.2, -0.15) is 0 Å². The van der Waals surface area contributed by atoms with Gasteiger partial charge >= 0.3 is 7.12 Å². The fourth-order valence-corrected chi connectivity index (χ4v) is 8.38. The van der Waals surface area contributed by atoms with Crippen LogP contribution in [0.3, 0.4) is 0 Å². The summed E-state index contributed by atoms with van der Waals surface area (Å²) in [5, 5.41) is 0. The molecule has 0 aromatic heterocycles. The van der Waals surface area contributed by atoms with E-state index in [4.69, 9.17) is 9.31 Å². The van der Waals surface area contributed by atoms with Crippen molar-refractivity contribution in [3.8, 4) is 0 Å². The number of amides is 2. The van der Waals surface area contributed by atoms with Gasteiger partial charge in [-0.3, -0.25) is 9.59 Å². The average molecular weight is 808 g/mol. The van der Waals surface area contributed by atoms with Gasteiger partial charge in [-0.1, -0.05) is 59.8 Å². The maximum Gasteiger partial charge on any atom is 0.494 e. The minimum absolute atomic E-state index is 0. The first kappa shape index (κ1) is 42.4. The van der Waals surface area contributed by atoms with Gasteiger partial charge in [0.1, 0.15) is 0 Å². The van der Waals surface area contributed by atoms with Crippen LogP contribution < -0.4 is 5.46 Å². The summed E-state index contributed by atoms with van der Waals surface area (Å²) >= 11 is 3.53. The summed E-state index contributed by atoms with van der Waals surface area (Å²) in [4.78, 5) is 30.7. The van der Waals surface area contributed by atoms with Crippen molar-refractivity contribution in [2.45, 2.75) is 128 Å². The summed E-state index contributed by atoms with van der Waals surface area (Å²) in [5.74, 6) is 0.297. The Morgan fingerprint density at radius 3 is 1.38 bits per heavy atom. The predicted octanol–water partition coefficient (Wildman–Crippen LogP) is 9.94. The molecule has 7 rings (SSSR count). The summed E-state index contributed by atoms with van der Waals surface area (Å²) in [6.45, 7) is 27.7. The molecule has 8 heteroatoms. The average Bonchev–Trinajstić information content (AvgIpc) is 3.35. The number of benzene rings is 4. The molecule has 3 heterocycles. The molecule has 0 aliphatic carbocycles. The second kappa shape index (κ2) is 16.0. The summed E-state index contributed by atoms with van der Waals surface area (Å²) in [7, 11) is -0.384. The van der Waals surface area contributed by atoms with E-state index in [9.17, 15) is 9.59 Å². The lowest BCUT2D eigenvalue weighted by Crippen LogP contribution is -2.41. The Morgan fingerprint density at radius 1 is 0.582 bits per heavy atom. The van der Waals surface area contributed by atoms with Crippen LogP contribution in [0.25, 0.3) is 0 Å². The van der Waals surface area contributed by atoms with Crippen molar-refractivity contribution in [2.75, 3.05) is 13.1 Å². The van der Waals surface area contributed by atoms with E-state index in [1.807, 2.05) is 9.80 Å². The van der Waals surface area contributed by atoms with E-state index < -0.39 is 0 Å². The molecule has 0 N–H and O–H groups in total. The van der Waals surface area contributed by atoms with Gasteiger partial charge < -0.3 is 19.1 Å². The zero-order valence-corrected chi connectivity index (χ0v) is 35.9. The molecule has 0 unspecified atom stereocenters. The van der Waals surface area contributed by atoms with Crippen molar-refractivity contribution >= 4 is 40.3 Å². The Bertz CT molecular complexity index is 2090. The fraction of sp³-hybridized carbons (Fsp3) is 0.447. The predicted molar refractivity (Wildman–Crippen MR) is 231 cm³/mol. The highest BCUT2D eigenvalue weighted by molar-refractivity contribution is 9.10. The Kier molecular flexibility index (Phi) is 12.4. The number of carbonyl (C=O) groups is 2. The van der Waals surface area contributed by atoms with E-state index in [0.717, 1.165) is 69.2 Å². The molecule has 0 saturated carbocycles. The van der Waals surface area contributed by atoms with Crippen molar-refractivity contribution in [3.05, 3.63) is 131 Å². The van der Waals surface area contributed by atoms with Crippen molar-refractivity contribution in [2.24, 2.45) is 0 Å². The van der Waals surface area contributed by atoms with Crippen molar-refractivity contribution < 1.29 is 18.9 Å². The van der Waals surface area contributed by atoms with E-state index in [1.165, 1.54) is 44.5 Å². The molecule has 2 amide bonds. The number of rotatable bonds is 3. The Labute approximate surface area is 339 Å². The van der Waals surface area contributed by atoms with Gasteiger partial charge in [0.25, 0.3) is 11.8 Å². The molecular weight excluding hydrogens is 747 g/mol. The number of hydrogen-bond donors (Lipinski definition) is 0. The number of halogens is 1. The van der Waals surface area contributed by atoms with Crippen LogP contribution in [0.4, 0.5) is 0 Å². The lowest BCUT2D eigenvalue weighted by Gasteiger charge is -2.32. The van der Waals surface area contributed by atoms with Crippen LogP contribution in [-0.4, -0.2) is 53.0 Å². The highest BCUT2D eigenvalue weighted by atomic mass is 79.9.